The number of aromatic amines is 1. The highest BCUT2D eigenvalue weighted by molar-refractivity contribution is 7.99. The van der Waals surface area contributed by atoms with Crippen molar-refractivity contribution in [3.63, 3.8) is 0 Å². The molecule has 0 aliphatic carbocycles. The third kappa shape index (κ3) is 2.64. The maximum atomic E-state index is 11.3. The molecule has 1 amide bonds. The van der Waals surface area contributed by atoms with E-state index in [9.17, 15) is 9.59 Å². The van der Waals surface area contributed by atoms with E-state index in [1.54, 1.807) is 14.0 Å². The topological polar surface area (TPSA) is 106 Å². The van der Waals surface area contributed by atoms with Crippen LogP contribution in [-0.4, -0.2) is 25.9 Å². The Morgan fingerprint density at radius 3 is 2.69 bits per heavy atom. The first-order chi connectivity index (χ1) is 7.47. The number of amides is 1. The molecule has 90 valence electrons. The largest absolute Gasteiger partial charge is 0.343 e. The fourth-order valence-electron chi connectivity index (χ4n) is 1.05. The molecule has 1 rings (SSSR count). The number of nitrogens with zero attached hydrogens (tertiary/aromatic N) is 2. The summed E-state index contributed by atoms with van der Waals surface area (Å²) in [7, 11) is 1.62. The first-order valence-corrected chi connectivity index (χ1v) is 5.63. The fourth-order valence-corrected chi connectivity index (χ4v) is 2.05. The summed E-state index contributed by atoms with van der Waals surface area (Å²) in [5.74, 6) is 4.55. The van der Waals surface area contributed by atoms with Crippen molar-refractivity contribution in [2.75, 3.05) is 0 Å². The summed E-state index contributed by atoms with van der Waals surface area (Å²) in [4.78, 5) is 22.4. The van der Waals surface area contributed by atoms with Gasteiger partial charge in [-0.1, -0.05) is 25.6 Å². The molecule has 16 heavy (non-hydrogen) atoms. The van der Waals surface area contributed by atoms with Gasteiger partial charge in [-0.15, -0.1) is 5.10 Å². The van der Waals surface area contributed by atoms with Crippen molar-refractivity contribution in [1.29, 1.82) is 0 Å². The molecule has 7 nitrogen and oxygen atoms in total. The van der Waals surface area contributed by atoms with Gasteiger partial charge < -0.3 is 0 Å². The van der Waals surface area contributed by atoms with E-state index in [0.717, 1.165) is 0 Å². The minimum atomic E-state index is -0.273. The lowest BCUT2D eigenvalue weighted by molar-refractivity contribution is -0.124. The average molecular weight is 245 g/mol. The number of nitrogens with two attached hydrogens (primary N) is 1. The SMILES string of the molecule is CC(Sc1n[nH]c(=O)n1C)C(C)C(=O)NN. The minimum absolute atomic E-state index is 0.0301. The number of hydrazine groups is 1. The molecule has 4 N–H and O–H groups in total. The number of hydrogen-bond donors (Lipinski definition) is 3. The van der Waals surface area contributed by atoms with E-state index < -0.39 is 0 Å². The molecule has 0 saturated heterocycles. The zero-order chi connectivity index (χ0) is 12.3. The first-order valence-electron chi connectivity index (χ1n) is 4.76. The van der Waals surface area contributed by atoms with Gasteiger partial charge in [-0.25, -0.2) is 15.7 Å². The zero-order valence-corrected chi connectivity index (χ0v) is 10.2. The van der Waals surface area contributed by atoms with Gasteiger partial charge in [0.2, 0.25) is 5.91 Å². The minimum Gasteiger partial charge on any atom is -0.294 e. The van der Waals surface area contributed by atoms with Crippen LogP contribution in [0, 0.1) is 5.92 Å². The number of thioether (sulfide) groups is 1. The van der Waals surface area contributed by atoms with Crippen LogP contribution in [0.5, 0.6) is 0 Å². The molecule has 1 aromatic rings. The molecule has 0 aromatic carbocycles. The summed E-state index contributed by atoms with van der Waals surface area (Å²) in [6.07, 6.45) is 0. The number of aromatic nitrogens is 3. The highest BCUT2D eigenvalue weighted by atomic mass is 32.2. The molecule has 0 aliphatic heterocycles. The third-order valence-corrected chi connectivity index (χ3v) is 3.75. The van der Waals surface area contributed by atoms with Crippen molar-refractivity contribution in [3.8, 4) is 0 Å². The first kappa shape index (κ1) is 12.8. The maximum absolute atomic E-state index is 11.3. The molecule has 0 bridgehead atoms. The Morgan fingerprint density at radius 1 is 1.62 bits per heavy atom. The molecule has 2 unspecified atom stereocenters. The average Bonchev–Trinajstić information content (AvgIpc) is 2.58. The number of nitrogens with one attached hydrogen (secondary N) is 2. The van der Waals surface area contributed by atoms with E-state index in [4.69, 9.17) is 5.84 Å². The predicted molar refractivity (Wildman–Crippen MR) is 60.6 cm³/mol. The summed E-state index contributed by atoms with van der Waals surface area (Å²) in [5, 5.41) is 6.70. The molecule has 8 heteroatoms. The zero-order valence-electron chi connectivity index (χ0n) is 9.35. The molecule has 2 atom stereocenters. The number of carbonyl (C=O) groups is 1. The van der Waals surface area contributed by atoms with Crippen LogP contribution in [0.4, 0.5) is 0 Å². The highest BCUT2D eigenvalue weighted by Gasteiger charge is 2.22. The van der Waals surface area contributed by atoms with Gasteiger partial charge in [0.25, 0.3) is 0 Å². The Bertz CT molecular complexity index is 426. The van der Waals surface area contributed by atoms with E-state index >= 15 is 0 Å². The third-order valence-electron chi connectivity index (χ3n) is 2.39. The molecule has 0 radical (unpaired) electrons. The van der Waals surface area contributed by atoms with Gasteiger partial charge >= 0.3 is 5.69 Å². The highest BCUT2D eigenvalue weighted by Crippen LogP contribution is 2.24. The Morgan fingerprint density at radius 2 is 2.25 bits per heavy atom. The second-order valence-corrected chi connectivity index (χ2v) is 4.84. The molecule has 0 saturated carbocycles. The molecule has 0 aliphatic rings. The number of rotatable bonds is 4. The van der Waals surface area contributed by atoms with Gasteiger partial charge in [0, 0.05) is 18.2 Å². The Labute approximate surface area is 96.8 Å². The van der Waals surface area contributed by atoms with Gasteiger partial charge in [-0.05, 0) is 0 Å². The predicted octanol–water partition coefficient (Wildman–Crippen LogP) is -0.785. The molecular formula is C8H15N5O2S. The van der Waals surface area contributed by atoms with Gasteiger partial charge in [0.15, 0.2) is 5.16 Å². The van der Waals surface area contributed by atoms with E-state index in [1.165, 1.54) is 16.3 Å². The second kappa shape index (κ2) is 5.17. The van der Waals surface area contributed by atoms with Crippen LogP contribution in [0.3, 0.4) is 0 Å². The lowest BCUT2D eigenvalue weighted by Crippen LogP contribution is -2.38. The van der Waals surface area contributed by atoms with Gasteiger partial charge in [-0.2, -0.15) is 0 Å². The summed E-state index contributed by atoms with van der Waals surface area (Å²) in [6, 6.07) is 0. The van der Waals surface area contributed by atoms with Gasteiger partial charge in [0.05, 0.1) is 0 Å². The van der Waals surface area contributed by atoms with Crippen LogP contribution >= 0.6 is 11.8 Å². The Hall–Kier alpha value is -1.28. The number of carbonyl (C=O) groups excluding carboxylic acids is 1. The maximum Gasteiger partial charge on any atom is 0.343 e. The molecule has 1 heterocycles. The molecule has 0 fully saturated rings. The quantitative estimate of drug-likeness (QED) is 0.279. The fraction of sp³-hybridized carbons (Fsp3) is 0.625. The number of hydrogen-bond acceptors (Lipinski definition) is 5. The van der Waals surface area contributed by atoms with Crippen LogP contribution in [0.25, 0.3) is 0 Å². The van der Waals surface area contributed by atoms with Crippen molar-refractivity contribution in [1.82, 2.24) is 20.2 Å². The van der Waals surface area contributed by atoms with Gasteiger partial charge in [-0.3, -0.25) is 14.8 Å². The standard InChI is InChI=1S/C8H15N5O2S/c1-4(6(14)10-9)5(2)16-8-12-11-7(15)13(8)3/h4-5H,9H2,1-3H3,(H,10,14)(H,11,15). The molecule has 1 aromatic heterocycles. The van der Waals surface area contributed by atoms with Crippen molar-refractivity contribution < 1.29 is 4.79 Å². The van der Waals surface area contributed by atoms with E-state index in [0.29, 0.717) is 5.16 Å². The molecular weight excluding hydrogens is 230 g/mol. The summed E-state index contributed by atoms with van der Waals surface area (Å²) < 4.78 is 1.40. The smallest absolute Gasteiger partial charge is 0.294 e. The van der Waals surface area contributed by atoms with Crippen LogP contribution in [0.15, 0.2) is 9.95 Å². The van der Waals surface area contributed by atoms with Crippen molar-refractivity contribution in [2.24, 2.45) is 18.8 Å². The van der Waals surface area contributed by atoms with Crippen molar-refractivity contribution in [2.45, 2.75) is 24.3 Å². The lowest BCUT2D eigenvalue weighted by Gasteiger charge is -2.16. The summed E-state index contributed by atoms with van der Waals surface area (Å²) >= 11 is 1.35. The van der Waals surface area contributed by atoms with Crippen molar-refractivity contribution >= 4 is 17.7 Å². The summed E-state index contributed by atoms with van der Waals surface area (Å²) in [5.41, 5.74) is 1.83. The van der Waals surface area contributed by atoms with E-state index in [-0.39, 0.29) is 22.8 Å². The monoisotopic (exact) mass is 245 g/mol. The normalized spacial score (nSPS) is 14.5. The van der Waals surface area contributed by atoms with E-state index in [1.807, 2.05) is 6.92 Å². The van der Waals surface area contributed by atoms with Crippen molar-refractivity contribution in [3.05, 3.63) is 10.5 Å². The van der Waals surface area contributed by atoms with Crippen LogP contribution in [-0.2, 0) is 11.8 Å². The van der Waals surface area contributed by atoms with Crippen LogP contribution in [0.1, 0.15) is 13.8 Å². The van der Waals surface area contributed by atoms with Gasteiger partial charge in [0.1, 0.15) is 0 Å². The van der Waals surface area contributed by atoms with E-state index in [2.05, 4.69) is 15.6 Å². The summed E-state index contributed by atoms with van der Waals surface area (Å²) in [6.45, 7) is 3.65. The number of H-pyrrole nitrogens is 1. The second-order valence-electron chi connectivity index (χ2n) is 3.49. The Kier molecular flexibility index (Phi) is 4.13. The molecule has 0 spiro atoms. The Balaban J connectivity index is 2.71. The van der Waals surface area contributed by atoms with Crippen LogP contribution in [0.2, 0.25) is 0 Å². The lowest BCUT2D eigenvalue weighted by atomic mass is 10.1. The van der Waals surface area contributed by atoms with Crippen LogP contribution < -0.4 is 17.0 Å².